The van der Waals surface area contributed by atoms with Crippen LogP contribution in [-0.2, 0) is 26.2 Å². The SMILES string of the molecule is CCCCNC(=O)[C@@H](CC)N(Cc1ccccc1C)C(=O)CN(c1cc(Cl)cc(Cl)c1)S(=O)(=O)c1ccccc1. The van der Waals surface area contributed by atoms with Crippen molar-refractivity contribution in [1.82, 2.24) is 10.2 Å². The summed E-state index contributed by atoms with van der Waals surface area (Å²) in [4.78, 5) is 28.8. The molecule has 0 bridgehead atoms. The summed E-state index contributed by atoms with van der Waals surface area (Å²) in [5, 5.41) is 3.37. The molecule has 214 valence electrons. The number of nitrogens with one attached hydrogen (secondary N) is 1. The summed E-state index contributed by atoms with van der Waals surface area (Å²) in [7, 11) is -4.20. The number of carbonyl (C=O) groups is 2. The zero-order valence-electron chi connectivity index (χ0n) is 22.9. The van der Waals surface area contributed by atoms with E-state index in [-0.39, 0.29) is 33.1 Å². The van der Waals surface area contributed by atoms with E-state index in [1.54, 1.807) is 18.2 Å². The minimum absolute atomic E-state index is 0.00806. The Labute approximate surface area is 247 Å². The first-order valence-electron chi connectivity index (χ1n) is 13.2. The van der Waals surface area contributed by atoms with E-state index in [0.29, 0.717) is 13.0 Å². The van der Waals surface area contributed by atoms with Crippen LogP contribution in [0.5, 0.6) is 0 Å². The molecule has 0 fully saturated rings. The molecule has 3 aromatic carbocycles. The van der Waals surface area contributed by atoms with Crippen LogP contribution < -0.4 is 9.62 Å². The van der Waals surface area contributed by atoms with Gasteiger partial charge in [0, 0.05) is 23.1 Å². The highest BCUT2D eigenvalue weighted by Gasteiger charge is 2.34. The lowest BCUT2D eigenvalue weighted by Crippen LogP contribution is -2.52. The molecule has 0 spiro atoms. The molecule has 0 radical (unpaired) electrons. The van der Waals surface area contributed by atoms with Gasteiger partial charge in [-0.3, -0.25) is 13.9 Å². The number of unbranched alkanes of at least 4 members (excludes halogenated alkanes) is 1. The minimum atomic E-state index is -4.20. The van der Waals surface area contributed by atoms with Crippen LogP contribution in [0.4, 0.5) is 5.69 Å². The van der Waals surface area contributed by atoms with Crippen LogP contribution >= 0.6 is 23.2 Å². The molecule has 0 aliphatic heterocycles. The largest absolute Gasteiger partial charge is 0.354 e. The van der Waals surface area contributed by atoms with Crippen molar-refractivity contribution in [3.05, 3.63) is 94.0 Å². The summed E-state index contributed by atoms with van der Waals surface area (Å²) in [6, 6.07) is 19.0. The van der Waals surface area contributed by atoms with Crippen molar-refractivity contribution >= 4 is 50.7 Å². The normalized spacial score (nSPS) is 12.0. The molecule has 0 saturated heterocycles. The number of hydrogen-bond donors (Lipinski definition) is 1. The molecule has 0 saturated carbocycles. The van der Waals surface area contributed by atoms with Crippen molar-refractivity contribution in [3.63, 3.8) is 0 Å². The lowest BCUT2D eigenvalue weighted by atomic mass is 10.1. The molecule has 3 rings (SSSR count). The van der Waals surface area contributed by atoms with Crippen LogP contribution in [0.3, 0.4) is 0 Å². The van der Waals surface area contributed by atoms with E-state index in [4.69, 9.17) is 23.2 Å². The van der Waals surface area contributed by atoms with E-state index >= 15 is 0 Å². The zero-order chi connectivity index (χ0) is 29.3. The number of sulfonamides is 1. The predicted molar refractivity (Wildman–Crippen MR) is 161 cm³/mol. The maximum atomic E-state index is 14.1. The standard InChI is InChI=1S/C30H35Cl2N3O4S/c1-4-6-16-33-30(37)28(5-2)34(20-23-13-11-10-12-22(23)3)29(36)21-35(26-18-24(31)17-25(32)19-26)40(38,39)27-14-8-7-9-15-27/h7-15,17-19,28H,4-6,16,20-21H2,1-3H3,(H,33,37)/t28-/m1/s1. The Balaban J connectivity index is 2.07. The summed E-state index contributed by atoms with van der Waals surface area (Å²) in [5.74, 6) is -0.808. The molecule has 1 N–H and O–H groups in total. The molecular weight excluding hydrogens is 569 g/mol. The topological polar surface area (TPSA) is 86.8 Å². The van der Waals surface area contributed by atoms with Crippen molar-refractivity contribution in [2.45, 2.75) is 57.5 Å². The Bertz CT molecular complexity index is 1400. The summed E-state index contributed by atoms with van der Waals surface area (Å²) in [6.07, 6.45) is 2.08. The second kappa shape index (κ2) is 14.5. The van der Waals surface area contributed by atoms with Crippen molar-refractivity contribution in [2.75, 3.05) is 17.4 Å². The number of nitrogens with zero attached hydrogens (tertiary/aromatic N) is 2. The fraction of sp³-hybridized carbons (Fsp3) is 0.333. The van der Waals surface area contributed by atoms with Gasteiger partial charge in [-0.15, -0.1) is 0 Å². The van der Waals surface area contributed by atoms with E-state index in [1.165, 1.54) is 35.2 Å². The van der Waals surface area contributed by atoms with Gasteiger partial charge in [0.25, 0.3) is 10.0 Å². The van der Waals surface area contributed by atoms with E-state index in [9.17, 15) is 18.0 Å². The zero-order valence-corrected chi connectivity index (χ0v) is 25.3. The van der Waals surface area contributed by atoms with Gasteiger partial charge >= 0.3 is 0 Å². The van der Waals surface area contributed by atoms with Crippen LogP contribution in [0, 0.1) is 6.92 Å². The molecule has 0 aliphatic carbocycles. The van der Waals surface area contributed by atoms with Gasteiger partial charge in [0.15, 0.2) is 0 Å². The molecule has 3 aromatic rings. The number of amides is 2. The van der Waals surface area contributed by atoms with Gasteiger partial charge < -0.3 is 10.2 Å². The molecule has 0 aliphatic rings. The number of benzene rings is 3. The molecule has 40 heavy (non-hydrogen) atoms. The molecule has 0 aromatic heterocycles. The van der Waals surface area contributed by atoms with Crippen LogP contribution in [0.2, 0.25) is 10.0 Å². The second-order valence-corrected chi connectivity index (χ2v) is 12.2. The average Bonchev–Trinajstić information content (AvgIpc) is 2.92. The summed E-state index contributed by atoms with van der Waals surface area (Å²) < 4.78 is 28.7. The summed E-state index contributed by atoms with van der Waals surface area (Å²) >= 11 is 12.5. The molecule has 7 nitrogen and oxygen atoms in total. The predicted octanol–water partition coefficient (Wildman–Crippen LogP) is 6.22. The molecule has 10 heteroatoms. The molecular formula is C30H35Cl2N3O4S. The Morgan fingerprint density at radius 2 is 1.55 bits per heavy atom. The number of aryl methyl sites for hydroxylation is 1. The summed E-state index contributed by atoms with van der Waals surface area (Å²) in [6.45, 7) is 5.87. The van der Waals surface area contributed by atoms with Gasteiger partial charge in [-0.25, -0.2) is 8.42 Å². The highest BCUT2D eigenvalue weighted by Crippen LogP contribution is 2.30. The first-order valence-corrected chi connectivity index (χ1v) is 15.4. The Morgan fingerprint density at radius 3 is 2.15 bits per heavy atom. The smallest absolute Gasteiger partial charge is 0.264 e. The van der Waals surface area contributed by atoms with Crippen molar-refractivity contribution in [2.24, 2.45) is 0 Å². The lowest BCUT2D eigenvalue weighted by molar-refractivity contribution is -0.140. The van der Waals surface area contributed by atoms with E-state index in [0.717, 1.165) is 28.3 Å². The number of anilines is 1. The van der Waals surface area contributed by atoms with Crippen LogP contribution in [0.1, 0.15) is 44.2 Å². The Kier molecular flexibility index (Phi) is 11.4. The van der Waals surface area contributed by atoms with Crippen molar-refractivity contribution in [1.29, 1.82) is 0 Å². The number of rotatable bonds is 13. The first-order chi connectivity index (χ1) is 19.1. The lowest BCUT2D eigenvalue weighted by Gasteiger charge is -2.33. The van der Waals surface area contributed by atoms with Crippen LogP contribution in [0.25, 0.3) is 0 Å². The molecule has 1 atom stereocenters. The fourth-order valence-electron chi connectivity index (χ4n) is 4.33. The summed E-state index contributed by atoms with van der Waals surface area (Å²) in [5.41, 5.74) is 1.96. The van der Waals surface area contributed by atoms with Gasteiger partial charge in [0.2, 0.25) is 11.8 Å². The highest BCUT2D eigenvalue weighted by atomic mass is 35.5. The average molecular weight is 605 g/mol. The van der Waals surface area contributed by atoms with Gasteiger partial charge in [-0.05, 0) is 61.2 Å². The van der Waals surface area contributed by atoms with E-state index in [2.05, 4.69) is 5.32 Å². The Hall–Kier alpha value is -3.07. The number of hydrogen-bond acceptors (Lipinski definition) is 4. The third-order valence-corrected chi connectivity index (χ3v) is 8.79. The van der Waals surface area contributed by atoms with Crippen molar-refractivity contribution in [3.8, 4) is 0 Å². The quantitative estimate of drug-likeness (QED) is 0.235. The minimum Gasteiger partial charge on any atom is -0.354 e. The van der Waals surface area contributed by atoms with Crippen LogP contribution in [0.15, 0.2) is 77.7 Å². The fourth-order valence-corrected chi connectivity index (χ4v) is 6.26. The Morgan fingerprint density at radius 1 is 0.925 bits per heavy atom. The van der Waals surface area contributed by atoms with Gasteiger partial charge in [-0.1, -0.05) is 85.9 Å². The van der Waals surface area contributed by atoms with Crippen molar-refractivity contribution < 1.29 is 18.0 Å². The van der Waals surface area contributed by atoms with Gasteiger partial charge in [0.05, 0.1) is 10.6 Å². The monoisotopic (exact) mass is 603 g/mol. The van der Waals surface area contributed by atoms with E-state index in [1.807, 2.05) is 45.0 Å². The first kappa shape index (κ1) is 31.5. The number of halogens is 2. The maximum Gasteiger partial charge on any atom is 0.264 e. The third-order valence-electron chi connectivity index (χ3n) is 6.56. The van der Waals surface area contributed by atoms with Gasteiger partial charge in [0.1, 0.15) is 12.6 Å². The van der Waals surface area contributed by atoms with E-state index < -0.39 is 28.5 Å². The molecule has 0 heterocycles. The van der Waals surface area contributed by atoms with Gasteiger partial charge in [-0.2, -0.15) is 0 Å². The third kappa shape index (κ3) is 7.99. The highest BCUT2D eigenvalue weighted by molar-refractivity contribution is 7.92. The maximum absolute atomic E-state index is 14.1. The molecule has 2 amide bonds. The second-order valence-electron chi connectivity index (χ2n) is 9.47. The van der Waals surface area contributed by atoms with Crippen LogP contribution in [-0.4, -0.2) is 44.3 Å². The molecule has 0 unspecified atom stereocenters. The number of carbonyl (C=O) groups excluding carboxylic acids is 2.